The standard InChI is InChI=1S/C24H38O4/c1-17(2)18-6-8-20-19(16-18)7-9-21-23(20,3)10-5-11-24(21,4)22(26)28-15-14-27-13-12-25/h7,16-17,20-21,25H,5-6,8-15H2,1-4H3/t20-,21?,23+,24+/m0/s1. The third-order valence-corrected chi connectivity index (χ3v) is 7.74. The van der Waals surface area contributed by atoms with Crippen LogP contribution >= 0.6 is 0 Å². The van der Waals surface area contributed by atoms with Crippen LogP contribution in [0.5, 0.6) is 0 Å². The minimum absolute atomic E-state index is 0.00484. The van der Waals surface area contributed by atoms with Gasteiger partial charge < -0.3 is 14.6 Å². The van der Waals surface area contributed by atoms with Crippen molar-refractivity contribution in [2.24, 2.45) is 28.6 Å². The van der Waals surface area contributed by atoms with Crippen LogP contribution in [0.3, 0.4) is 0 Å². The van der Waals surface area contributed by atoms with Crippen molar-refractivity contribution in [2.45, 2.75) is 66.2 Å². The molecule has 1 fully saturated rings. The van der Waals surface area contributed by atoms with Crippen LogP contribution in [0.25, 0.3) is 0 Å². The minimum atomic E-state index is -0.423. The number of carbonyl (C=O) groups excluding carboxylic acids is 1. The summed E-state index contributed by atoms with van der Waals surface area (Å²) < 4.78 is 10.9. The number of hydrogen-bond donors (Lipinski definition) is 1. The van der Waals surface area contributed by atoms with Gasteiger partial charge in [-0.05, 0) is 67.8 Å². The zero-order chi connectivity index (χ0) is 20.4. The van der Waals surface area contributed by atoms with Crippen molar-refractivity contribution in [3.05, 3.63) is 23.3 Å². The summed E-state index contributed by atoms with van der Waals surface area (Å²) in [7, 11) is 0. The van der Waals surface area contributed by atoms with Crippen molar-refractivity contribution in [3.63, 3.8) is 0 Å². The first-order chi connectivity index (χ1) is 13.3. The zero-order valence-electron chi connectivity index (χ0n) is 18.1. The maximum atomic E-state index is 13.1. The van der Waals surface area contributed by atoms with E-state index < -0.39 is 5.41 Å². The number of ether oxygens (including phenoxy) is 2. The Morgan fingerprint density at radius 1 is 1.25 bits per heavy atom. The second kappa shape index (κ2) is 8.71. The van der Waals surface area contributed by atoms with Crippen LogP contribution in [0.1, 0.15) is 66.2 Å². The number of hydrogen-bond acceptors (Lipinski definition) is 4. The second-order valence-electron chi connectivity index (χ2n) is 9.71. The highest BCUT2D eigenvalue weighted by atomic mass is 16.6. The molecule has 0 saturated heterocycles. The Kier molecular flexibility index (Phi) is 6.71. The van der Waals surface area contributed by atoms with Crippen LogP contribution in [0.15, 0.2) is 23.3 Å². The number of rotatable bonds is 7. The number of esters is 1. The van der Waals surface area contributed by atoms with Gasteiger partial charge in [-0.15, -0.1) is 0 Å². The summed E-state index contributed by atoms with van der Waals surface area (Å²) in [6.45, 7) is 10.0. The van der Waals surface area contributed by atoms with E-state index in [9.17, 15) is 4.79 Å². The fraction of sp³-hybridized carbons (Fsp3) is 0.792. The van der Waals surface area contributed by atoms with Crippen LogP contribution in [-0.2, 0) is 14.3 Å². The van der Waals surface area contributed by atoms with Crippen molar-refractivity contribution in [2.75, 3.05) is 26.4 Å². The molecule has 158 valence electrons. The van der Waals surface area contributed by atoms with Crippen LogP contribution in [0.2, 0.25) is 0 Å². The summed E-state index contributed by atoms with van der Waals surface area (Å²) in [5, 5.41) is 8.78. The minimum Gasteiger partial charge on any atom is -0.463 e. The van der Waals surface area contributed by atoms with E-state index in [2.05, 4.69) is 39.8 Å². The van der Waals surface area contributed by atoms with Gasteiger partial charge in [-0.2, -0.15) is 0 Å². The predicted molar refractivity (Wildman–Crippen MR) is 111 cm³/mol. The number of aliphatic hydroxyl groups is 1. The van der Waals surface area contributed by atoms with Gasteiger partial charge in [0.15, 0.2) is 0 Å². The first-order valence-corrected chi connectivity index (χ1v) is 11.1. The summed E-state index contributed by atoms with van der Waals surface area (Å²) in [5.74, 6) is 1.45. The van der Waals surface area contributed by atoms with Gasteiger partial charge in [-0.3, -0.25) is 4.79 Å². The predicted octanol–water partition coefficient (Wildman–Crippen LogP) is 4.67. The van der Waals surface area contributed by atoms with Gasteiger partial charge in [0.25, 0.3) is 0 Å². The van der Waals surface area contributed by atoms with Crippen molar-refractivity contribution >= 4 is 5.97 Å². The van der Waals surface area contributed by atoms with Gasteiger partial charge in [-0.1, -0.05) is 44.9 Å². The van der Waals surface area contributed by atoms with Crippen molar-refractivity contribution in [1.82, 2.24) is 0 Å². The Balaban J connectivity index is 1.76. The molecular formula is C24H38O4. The molecule has 4 heteroatoms. The van der Waals surface area contributed by atoms with E-state index in [0.29, 0.717) is 24.4 Å². The number of fused-ring (bicyclic) bond motifs is 3. The van der Waals surface area contributed by atoms with E-state index >= 15 is 0 Å². The Morgan fingerprint density at radius 2 is 2.04 bits per heavy atom. The highest BCUT2D eigenvalue weighted by Gasteiger charge is 2.57. The summed E-state index contributed by atoms with van der Waals surface area (Å²) in [5.41, 5.74) is 2.84. The molecule has 28 heavy (non-hydrogen) atoms. The molecule has 0 aliphatic heterocycles. The van der Waals surface area contributed by atoms with Gasteiger partial charge in [0, 0.05) is 0 Å². The molecule has 0 aromatic carbocycles. The smallest absolute Gasteiger partial charge is 0.312 e. The summed E-state index contributed by atoms with van der Waals surface area (Å²) in [6.07, 6.45) is 11.4. The third kappa shape index (κ3) is 3.95. The number of aliphatic hydroxyl groups excluding tert-OH is 1. The van der Waals surface area contributed by atoms with E-state index in [4.69, 9.17) is 14.6 Å². The monoisotopic (exact) mass is 390 g/mol. The molecule has 3 aliphatic rings. The lowest BCUT2D eigenvalue weighted by atomic mass is 9.47. The topological polar surface area (TPSA) is 55.8 Å². The van der Waals surface area contributed by atoms with E-state index in [-0.39, 0.29) is 31.2 Å². The average Bonchev–Trinajstić information content (AvgIpc) is 2.67. The van der Waals surface area contributed by atoms with Crippen LogP contribution in [-0.4, -0.2) is 37.5 Å². The summed E-state index contributed by atoms with van der Waals surface area (Å²) in [6, 6.07) is 0. The van der Waals surface area contributed by atoms with E-state index in [0.717, 1.165) is 19.3 Å². The van der Waals surface area contributed by atoms with Crippen molar-refractivity contribution < 1.29 is 19.4 Å². The van der Waals surface area contributed by atoms with Gasteiger partial charge in [0.1, 0.15) is 6.61 Å². The molecule has 0 amide bonds. The van der Waals surface area contributed by atoms with Crippen molar-refractivity contribution in [3.8, 4) is 0 Å². The molecule has 0 heterocycles. The quantitative estimate of drug-likeness (QED) is 0.507. The van der Waals surface area contributed by atoms with Crippen LogP contribution in [0, 0.1) is 28.6 Å². The van der Waals surface area contributed by atoms with E-state index in [1.807, 2.05) is 0 Å². The zero-order valence-corrected chi connectivity index (χ0v) is 18.1. The highest BCUT2D eigenvalue weighted by Crippen LogP contribution is 2.62. The molecule has 1 saturated carbocycles. The Labute approximate surface area is 170 Å². The highest BCUT2D eigenvalue weighted by molar-refractivity contribution is 5.77. The lowest BCUT2D eigenvalue weighted by Gasteiger charge is -2.57. The molecule has 3 aliphatic carbocycles. The average molecular weight is 391 g/mol. The van der Waals surface area contributed by atoms with Gasteiger partial charge in [0.05, 0.1) is 25.2 Å². The molecule has 0 radical (unpaired) electrons. The summed E-state index contributed by atoms with van der Waals surface area (Å²) in [4.78, 5) is 13.1. The first-order valence-electron chi connectivity index (χ1n) is 11.1. The van der Waals surface area contributed by atoms with Crippen molar-refractivity contribution in [1.29, 1.82) is 0 Å². The SMILES string of the molecule is CC(C)C1=CC2=CCC3[C@](C)(C(=O)OCCOCCO)CCC[C@]3(C)[C@H]2CC1. The van der Waals surface area contributed by atoms with Crippen LogP contribution < -0.4 is 0 Å². The molecule has 0 aromatic rings. The third-order valence-electron chi connectivity index (χ3n) is 7.74. The molecule has 4 atom stereocenters. The van der Waals surface area contributed by atoms with Gasteiger partial charge >= 0.3 is 5.97 Å². The Morgan fingerprint density at radius 3 is 2.75 bits per heavy atom. The number of carbonyl (C=O) groups is 1. The lowest BCUT2D eigenvalue weighted by Crippen LogP contribution is -2.53. The Hall–Kier alpha value is -1.13. The molecule has 0 bridgehead atoms. The molecule has 1 N–H and O–H groups in total. The largest absolute Gasteiger partial charge is 0.463 e. The maximum Gasteiger partial charge on any atom is 0.312 e. The second-order valence-corrected chi connectivity index (χ2v) is 9.71. The normalized spacial score (nSPS) is 34.9. The molecular weight excluding hydrogens is 352 g/mol. The summed E-state index contributed by atoms with van der Waals surface area (Å²) >= 11 is 0. The van der Waals surface area contributed by atoms with Gasteiger partial charge in [0.2, 0.25) is 0 Å². The lowest BCUT2D eigenvalue weighted by molar-refractivity contribution is -0.170. The molecule has 3 rings (SSSR count). The molecule has 0 aromatic heterocycles. The maximum absolute atomic E-state index is 13.1. The van der Waals surface area contributed by atoms with Crippen LogP contribution in [0.4, 0.5) is 0 Å². The van der Waals surface area contributed by atoms with E-state index in [1.165, 1.54) is 24.8 Å². The van der Waals surface area contributed by atoms with E-state index in [1.54, 1.807) is 5.57 Å². The number of allylic oxidation sites excluding steroid dienone is 4. The Bertz CT molecular complexity index is 635. The fourth-order valence-electron chi connectivity index (χ4n) is 6.11. The fourth-order valence-corrected chi connectivity index (χ4v) is 6.11. The molecule has 4 nitrogen and oxygen atoms in total. The molecule has 1 unspecified atom stereocenters. The first kappa shape index (κ1) is 21.6. The van der Waals surface area contributed by atoms with Gasteiger partial charge in [-0.25, -0.2) is 0 Å². The molecule has 0 spiro atoms.